The van der Waals surface area contributed by atoms with Crippen LogP contribution in [0.5, 0.6) is 0 Å². The van der Waals surface area contributed by atoms with Crippen LogP contribution in [0, 0.1) is 0 Å². The van der Waals surface area contributed by atoms with E-state index in [-0.39, 0.29) is 35.9 Å². The molecule has 1 aliphatic carbocycles. The minimum atomic E-state index is -0.628. The first-order valence-corrected chi connectivity index (χ1v) is 8.81. The number of urea groups is 1. The molecule has 0 bridgehead atoms. The number of guanidine groups is 1. The van der Waals surface area contributed by atoms with E-state index in [9.17, 15) is 9.59 Å². The zero-order chi connectivity index (χ0) is 16.3. The summed E-state index contributed by atoms with van der Waals surface area (Å²) < 4.78 is 0. The number of aliphatic imine (C=N–C) groups is 1. The molecule has 0 unspecified atom stereocenters. The summed E-state index contributed by atoms with van der Waals surface area (Å²) in [5.74, 6) is 0.457. The number of halogens is 1. The number of nitrogens with zero attached hydrogens (tertiary/aromatic N) is 3. The molecule has 0 aromatic heterocycles. The van der Waals surface area contributed by atoms with Crippen LogP contribution in [0.25, 0.3) is 0 Å². The Morgan fingerprint density at radius 1 is 1.08 bits per heavy atom. The van der Waals surface area contributed by atoms with Crippen molar-refractivity contribution in [1.29, 1.82) is 0 Å². The number of hydrogen-bond acceptors (Lipinski definition) is 3. The fraction of sp³-hybridized carbons (Fsp3) is 0.812. The van der Waals surface area contributed by atoms with Gasteiger partial charge >= 0.3 is 6.03 Å². The Balaban J connectivity index is 0.00000208. The van der Waals surface area contributed by atoms with Gasteiger partial charge in [-0.25, -0.2) is 4.79 Å². The van der Waals surface area contributed by atoms with Crippen LogP contribution in [0.4, 0.5) is 4.79 Å². The van der Waals surface area contributed by atoms with Crippen molar-refractivity contribution in [2.24, 2.45) is 10.7 Å². The maximum Gasteiger partial charge on any atom is 0.325 e. The molecule has 0 radical (unpaired) electrons. The van der Waals surface area contributed by atoms with Crippen LogP contribution in [0.3, 0.4) is 0 Å². The third-order valence-corrected chi connectivity index (χ3v) is 5.23. The highest BCUT2D eigenvalue weighted by Crippen LogP contribution is 2.34. The van der Waals surface area contributed by atoms with Crippen LogP contribution >= 0.6 is 24.0 Å². The van der Waals surface area contributed by atoms with Crippen molar-refractivity contribution in [2.75, 3.05) is 26.2 Å². The summed E-state index contributed by atoms with van der Waals surface area (Å²) in [6, 6.07) is -0.277. The Labute approximate surface area is 160 Å². The van der Waals surface area contributed by atoms with E-state index in [1.165, 1.54) is 17.7 Å². The third-order valence-electron chi connectivity index (χ3n) is 5.23. The van der Waals surface area contributed by atoms with E-state index in [0.29, 0.717) is 19.0 Å². The molecule has 24 heavy (non-hydrogen) atoms. The second-order valence-corrected chi connectivity index (χ2v) is 6.82. The van der Waals surface area contributed by atoms with E-state index < -0.39 is 5.54 Å². The highest BCUT2D eigenvalue weighted by atomic mass is 127. The van der Waals surface area contributed by atoms with Gasteiger partial charge in [0.25, 0.3) is 5.91 Å². The zero-order valence-electron chi connectivity index (χ0n) is 14.1. The number of hydrogen-bond donors (Lipinski definition) is 2. The van der Waals surface area contributed by atoms with Gasteiger partial charge in [-0.05, 0) is 25.7 Å². The molecule has 2 heterocycles. The standard InChI is InChI=1S/C16H27N5O2.HI/c17-14(20-10-5-1-2-6-11-20)18-9-12-21-13(22)16(19-15(21)23)7-3-4-8-16;/h1-12H2,(H2,17,18)(H,19,23);1H. The number of likely N-dealkylation sites (tertiary alicyclic amines) is 1. The van der Waals surface area contributed by atoms with Crippen LogP contribution in [0.1, 0.15) is 51.4 Å². The molecular weight excluding hydrogens is 421 g/mol. The van der Waals surface area contributed by atoms with E-state index >= 15 is 0 Å². The Kier molecular flexibility index (Phi) is 6.70. The Hall–Kier alpha value is -1.06. The topological polar surface area (TPSA) is 91.0 Å². The zero-order valence-corrected chi connectivity index (χ0v) is 16.5. The number of carbonyl (C=O) groups is 2. The van der Waals surface area contributed by atoms with Gasteiger partial charge in [0, 0.05) is 13.1 Å². The Morgan fingerprint density at radius 2 is 1.71 bits per heavy atom. The van der Waals surface area contributed by atoms with Gasteiger partial charge in [0.1, 0.15) is 5.54 Å². The van der Waals surface area contributed by atoms with Crippen molar-refractivity contribution in [3.8, 4) is 0 Å². The van der Waals surface area contributed by atoms with Crippen LogP contribution < -0.4 is 11.1 Å². The molecule has 3 fully saturated rings. The first kappa shape index (κ1) is 19.3. The normalized spacial score (nSPS) is 24.1. The number of carbonyl (C=O) groups excluding carboxylic acids is 2. The summed E-state index contributed by atoms with van der Waals surface area (Å²) >= 11 is 0. The number of nitrogens with two attached hydrogens (primary N) is 1. The highest BCUT2D eigenvalue weighted by molar-refractivity contribution is 14.0. The largest absolute Gasteiger partial charge is 0.370 e. The molecule has 3 aliphatic rings. The smallest absolute Gasteiger partial charge is 0.325 e. The molecule has 1 saturated carbocycles. The van der Waals surface area contributed by atoms with Gasteiger partial charge in [0.2, 0.25) is 0 Å². The minimum Gasteiger partial charge on any atom is -0.370 e. The lowest BCUT2D eigenvalue weighted by Crippen LogP contribution is -2.44. The van der Waals surface area contributed by atoms with E-state index in [0.717, 1.165) is 51.6 Å². The number of nitrogens with one attached hydrogen (secondary N) is 1. The number of rotatable bonds is 3. The fourth-order valence-corrected chi connectivity index (χ4v) is 3.86. The first-order chi connectivity index (χ1) is 11.1. The second kappa shape index (κ2) is 8.35. The molecule has 1 spiro atoms. The van der Waals surface area contributed by atoms with Crippen molar-refractivity contribution in [3.05, 3.63) is 0 Å². The SMILES string of the molecule is I.NC(=NCCN1C(=O)NC2(CCCC2)C1=O)N1CCCCCC1. The average Bonchev–Trinajstić information content (AvgIpc) is 2.95. The molecule has 0 aromatic rings. The third kappa shape index (κ3) is 3.94. The summed E-state index contributed by atoms with van der Waals surface area (Å²) in [7, 11) is 0. The van der Waals surface area contributed by atoms with Gasteiger partial charge in [-0.1, -0.05) is 25.7 Å². The van der Waals surface area contributed by atoms with Crippen LogP contribution in [-0.4, -0.2) is 59.4 Å². The molecular formula is C16H28IN5O2. The summed E-state index contributed by atoms with van der Waals surface area (Å²) in [4.78, 5) is 32.4. The van der Waals surface area contributed by atoms with Crippen molar-refractivity contribution >= 4 is 41.9 Å². The summed E-state index contributed by atoms with van der Waals surface area (Å²) in [6.45, 7) is 2.57. The fourth-order valence-electron chi connectivity index (χ4n) is 3.86. The molecule has 0 atom stereocenters. The summed E-state index contributed by atoms with van der Waals surface area (Å²) in [6.07, 6.45) is 8.29. The molecule has 3 amide bonds. The van der Waals surface area contributed by atoms with Crippen LogP contribution in [0.15, 0.2) is 4.99 Å². The molecule has 2 aliphatic heterocycles. The number of imide groups is 1. The minimum absolute atomic E-state index is 0. The molecule has 8 heteroatoms. The highest BCUT2D eigenvalue weighted by Gasteiger charge is 2.52. The monoisotopic (exact) mass is 449 g/mol. The van der Waals surface area contributed by atoms with Crippen molar-refractivity contribution in [2.45, 2.75) is 56.9 Å². The maximum atomic E-state index is 12.5. The van der Waals surface area contributed by atoms with E-state index in [1.54, 1.807) is 0 Å². The molecule has 3 N–H and O–H groups in total. The predicted octanol–water partition coefficient (Wildman–Crippen LogP) is 1.66. The summed E-state index contributed by atoms with van der Waals surface area (Å²) in [5, 5.41) is 2.89. The van der Waals surface area contributed by atoms with E-state index in [1.807, 2.05) is 0 Å². The Bertz CT molecular complexity index is 497. The van der Waals surface area contributed by atoms with Gasteiger partial charge in [-0.3, -0.25) is 14.7 Å². The van der Waals surface area contributed by atoms with Gasteiger partial charge in [-0.15, -0.1) is 24.0 Å². The van der Waals surface area contributed by atoms with E-state index in [2.05, 4.69) is 15.2 Å². The van der Waals surface area contributed by atoms with E-state index in [4.69, 9.17) is 5.73 Å². The summed E-state index contributed by atoms with van der Waals surface area (Å²) in [5.41, 5.74) is 5.43. The van der Waals surface area contributed by atoms with Gasteiger partial charge < -0.3 is 16.0 Å². The lowest BCUT2D eigenvalue weighted by atomic mass is 9.98. The molecule has 7 nitrogen and oxygen atoms in total. The van der Waals surface area contributed by atoms with Gasteiger partial charge in [0.05, 0.1) is 13.1 Å². The maximum absolute atomic E-state index is 12.5. The quantitative estimate of drug-likeness (QED) is 0.297. The molecule has 136 valence electrons. The molecule has 0 aromatic carbocycles. The average molecular weight is 449 g/mol. The van der Waals surface area contributed by atoms with Crippen molar-refractivity contribution < 1.29 is 9.59 Å². The first-order valence-electron chi connectivity index (χ1n) is 8.81. The predicted molar refractivity (Wildman–Crippen MR) is 103 cm³/mol. The molecule has 3 rings (SSSR count). The Morgan fingerprint density at radius 3 is 2.33 bits per heavy atom. The number of amides is 3. The molecule has 2 saturated heterocycles. The lowest BCUT2D eigenvalue weighted by molar-refractivity contribution is -0.131. The van der Waals surface area contributed by atoms with Crippen LogP contribution in [-0.2, 0) is 4.79 Å². The van der Waals surface area contributed by atoms with Crippen molar-refractivity contribution in [3.63, 3.8) is 0 Å². The lowest BCUT2D eigenvalue weighted by Gasteiger charge is -2.22. The van der Waals surface area contributed by atoms with Gasteiger partial charge in [-0.2, -0.15) is 0 Å². The van der Waals surface area contributed by atoms with Crippen LogP contribution in [0.2, 0.25) is 0 Å². The van der Waals surface area contributed by atoms with Gasteiger partial charge in [0.15, 0.2) is 5.96 Å². The van der Waals surface area contributed by atoms with Crippen molar-refractivity contribution in [1.82, 2.24) is 15.1 Å². The second-order valence-electron chi connectivity index (χ2n) is 6.82.